The Labute approximate surface area is 144 Å². The van der Waals surface area contributed by atoms with E-state index in [9.17, 15) is 14.4 Å². The number of hydrogen-bond acceptors (Lipinski definition) is 5. The van der Waals surface area contributed by atoms with Crippen LogP contribution in [0, 0.1) is 0 Å². The monoisotopic (exact) mass is 350 g/mol. The fourth-order valence-corrected chi connectivity index (χ4v) is 3.64. The SMILES string of the molecule is CN1CCCC2(CCCN2C(=O)Cn2cccnc2=O)C1=O.O=CO. The van der Waals surface area contributed by atoms with Gasteiger partial charge in [0.15, 0.2) is 0 Å². The Bertz CT molecular complexity index is 704. The average molecular weight is 350 g/mol. The molecule has 1 aromatic rings. The van der Waals surface area contributed by atoms with E-state index in [0.717, 1.165) is 19.4 Å². The van der Waals surface area contributed by atoms with Crippen LogP contribution in [-0.4, -0.2) is 68.4 Å². The number of nitrogens with zero attached hydrogens (tertiary/aromatic N) is 4. The molecular weight excluding hydrogens is 328 g/mol. The third-order valence-corrected chi connectivity index (χ3v) is 4.71. The molecule has 0 radical (unpaired) electrons. The van der Waals surface area contributed by atoms with Crippen LogP contribution in [0.25, 0.3) is 0 Å². The molecule has 0 aliphatic carbocycles. The van der Waals surface area contributed by atoms with Crippen LogP contribution in [0.4, 0.5) is 0 Å². The van der Waals surface area contributed by atoms with Crippen LogP contribution in [0.1, 0.15) is 25.7 Å². The highest BCUT2D eigenvalue weighted by molar-refractivity contribution is 5.92. The Kier molecular flexibility index (Phi) is 5.89. The number of likely N-dealkylation sites (N-methyl/N-ethyl adjacent to an activating group) is 1. The van der Waals surface area contributed by atoms with Crippen molar-refractivity contribution in [2.24, 2.45) is 0 Å². The number of carboxylic acid groups (broad SMARTS) is 1. The van der Waals surface area contributed by atoms with Crippen LogP contribution in [-0.2, 0) is 20.9 Å². The molecule has 2 amide bonds. The fourth-order valence-electron chi connectivity index (χ4n) is 3.64. The van der Waals surface area contributed by atoms with E-state index in [4.69, 9.17) is 9.90 Å². The number of amides is 2. The smallest absolute Gasteiger partial charge is 0.347 e. The van der Waals surface area contributed by atoms with Gasteiger partial charge in [-0.05, 0) is 31.7 Å². The molecule has 0 aromatic carbocycles. The molecule has 0 saturated carbocycles. The number of hydrogen-bond donors (Lipinski definition) is 1. The summed E-state index contributed by atoms with van der Waals surface area (Å²) in [6.45, 7) is 1.00. The van der Waals surface area contributed by atoms with Crippen molar-refractivity contribution in [3.8, 4) is 0 Å². The van der Waals surface area contributed by atoms with Crippen molar-refractivity contribution in [3.05, 3.63) is 28.9 Å². The van der Waals surface area contributed by atoms with E-state index < -0.39 is 11.2 Å². The molecule has 1 spiro atoms. The van der Waals surface area contributed by atoms with E-state index in [1.54, 1.807) is 29.1 Å². The van der Waals surface area contributed by atoms with E-state index in [1.807, 2.05) is 0 Å². The van der Waals surface area contributed by atoms with E-state index in [2.05, 4.69) is 4.98 Å². The summed E-state index contributed by atoms with van der Waals surface area (Å²) in [4.78, 5) is 52.4. The van der Waals surface area contributed by atoms with Crippen molar-refractivity contribution in [1.29, 1.82) is 0 Å². The van der Waals surface area contributed by atoms with E-state index in [-0.39, 0.29) is 24.8 Å². The minimum atomic E-state index is -0.699. The zero-order valence-corrected chi connectivity index (χ0v) is 14.1. The van der Waals surface area contributed by atoms with E-state index in [1.165, 1.54) is 10.8 Å². The zero-order valence-electron chi connectivity index (χ0n) is 14.1. The molecule has 2 fully saturated rings. The molecule has 2 aliphatic heterocycles. The summed E-state index contributed by atoms with van der Waals surface area (Å²) in [5.41, 5.74) is -1.15. The third kappa shape index (κ3) is 3.70. The van der Waals surface area contributed by atoms with Crippen LogP contribution in [0.15, 0.2) is 23.3 Å². The molecule has 3 heterocycles. The molecule has 2 saturated heterocycles. The van der Waals surface area contributed by atoms with Gasteiger partial charge in [0.2, 0.25) is 11.8 Å². The summed E-state index contributed by atoms with van der Waals surface area (Å²) >= 11 is 0. The van der Waals surface area contributed by atoms with E-state index >= 15 is 0 Å². The molecular formula is C16H22N4O5. The first kappa shape index (κ1) is 18.6. The van der Waals surface area contributed by atoms with Gasteiger partial charge in [-0.3, -0.25) is 19.0 Å². The number of carbonyl (C=O) groups excluding carboxylic acids is 2. The average Bonchev–Trinajstić information content (AvgIpc) is 3.00. The molecule has 1 atom stereocenters. The lowest BCUT2D eigenvalue weighted by Gasteiger charge is -2.43. The maximum atomic E-state index is 12.7. The minimum Gasteiger partial charge on any atom is -0.483 e. The van der Waals surface area contributed by atoms with Crippen molar-refractivity contribution in [1.82, 2.24) is 19.4 Å². The summed E-state index contributed by atoms with van der Waals surface area (Å²) in [6, 6.07) is 1.62. The molecule has 1 unspecified atom stereocenters. The summed E-state index contributed by atoms with van der Waals surface area (Å²) in [5.74, 6) is -0.153. The van der Waals surface area contributed by atoms with Crippen molar-refractivity contribution in [2.45, 2.75) is 37.8 Å². The predicted octanol–water partition coefficient (Wildman–Crippen LogP) is -0.442. The Morgan fingerprint density at radius 2 is 1.96 bits per heavy atom. The van der Waals surface area contributed by atoms with Gasteiger partial charge in [0, 0.05) is 32.5 Å². The predicted molar refractivity (Wildman–Crippen MR) is 87.7 cm³/mol. The second-order valence-electron chi connectivity index (χ2n) is 6.15. The Morgan fingerprint density at radius 1 is 1.32 bits per heavy atom. The summed E-state index contributed by atoms with van der Waals surface area (Å²) < 4.78 is 1.28. The lowest BCUT2D eigenvalue weighted by Crippen LogP contribution is -2.61. The van der Waals surface area contributed by atoms with Gasteiger partial charge in [-0.1, -0.05) is 0 Å². The van der Waals surface area contributed by atoms with Gasteiger partial charge in [0.25, 0.3) is 6.47 Å². The van der Waals surface area contributed by atoms with Gasteiger partial charge in [-0.15, -0.1) is 0 Å². The number of carbonyl (C=O) groups is 3. The van der Waals surface area contributed by atoms with Crippen LogP contribution in [0.2, 0.25) is 0 Å². The maximum absolute atomic E-state index is 12.7. The van der Waals surface area contributed by atoms with Crippen LogP contribution < -0.4 is 5.69 Å². The largest absolute Gasteiger partial charge is 0.483 e. The molecule has 1 aromatic heterocycles. The third-order valence-electron chi connectivity index (χ3n) is 4.71. The first-order valence-electron chi connectivity index (χ1n) is 8.11. The van der Waals surface area contributed by atoms with Crippen LogP contribution in [0.3, 0.4) is 0 Å². The van der Waals surface area contributed by atoms with Crippen molar-refractivity contribution >= 4 is 18.3 Å². The van der Waals surface area contributed by atoms with E-state index in [0.29, 0.717) is 19.4 Å². The number of aromatic nitrogens is 2. The Balaban J connectivity index is 0.000000701. The molecule has 3 rings (SSSR count). The Morgan fingerprint density at radius 3 is 2.60 bits per heavy atom. The number of piperidine rings is 1. The summed E-state index contributed by atoms with van der Waals surface area (Å²) in [7, 11) is 1.79. The van der Waals surface area contributed by atoms with Gasteiger partial charge in [-0.25, -0.2) is 9.78 Å². The highest BCUT2D eigenvalue weighted by Crippen LogP contribution is 2.37. The molecule has 9 heteroatoms. The fraction of sp³-hybridized carbons (Fsp3) is 0.562. The van der Waals surface area contributed by atoms with Gasteiger partial charge in [-0.2, -0.15) is 0 Å². The molecule has 2 aliphatic rings. The van der Waals surface area contributed by atoms with Gasteiger partial charge in [0.1, 0.15) is 12.1 Å². The first-order valence-corrected chi connectivity index (χ1v) is 8.11. The van der Waals surface area contributed by atoms with Crippen molar-refractivity contribution < 1.29 is 19.5 Å². The second-order valence-corrected chi connectivity index (χ2v) is 6.15. The second kappa shape index (κ2) is 7.91. The molecule has 136 valence electrons. The lowest BCUT2D eigenvalue weighted by atomic mass is 9.85. The number of likely N-dealkylation sites (tertiary alicyclic amines) is 2. The van der Waals surface area contributed by atoms with Gasteiger partial charge in [0.05, 0.1) is 0 Å². The summed E-state index contributed by atoms with van der Waals surface area (Å²) in [6.07, 6.45) is 6.10. The zero-order chi connectivity index (χ0) is 18.4. The molecule has 25 heavy (non-hydrogen) atoms. The van der Waals surface area contributed by atoms with Crippen LogP contribution in [0.5, 0.6) is 0 Å². The van der Waals surface area contributed by atoms with Crippen molar-refractivity contribution in [2.75, 3.05) is 20.1 Å². The topological polar surface area (TPSA) is 113 Å². The van der Waals surface area contributed by atoms with Crippen molar-refractivity contribution in [3.63, 3.8) is 0 Å². The summed E-state index contributed by atoms with van der Waals surface area (Å²) in [5, 5.41) is 6.89. The normalized spacial score (nSPS) is 22.5. The maximum Gasteiger partial charge on any atom is 0.347 e. The van der Waals surface area contributed by atoms with Gasteiger partial charge < -0.3 is 14.9 Å². The molecule has 0 bridgehead atoms. The standard InChI is InChI=1S/C15H20N4O3.CH2O2/c1-17-8-2-5-15(13(17)21)6-3-10-19(15)12(20)11-18-9-4-7-16-14(18)22;2-1-3/h4,7,9H,2-3,5-6,8,10-11H2,1H3;1H,(H,2,3). The highest BCUT2D eigenvalue weighted by atomic mass is 16.3. The minimum absolute atomic E-state index is 0.0307. The molecule has 1 N–H and O–H groups in total. The lowest BCUT2D eigenvalue weighted by molar-refractivity contribution is -0.154. The van der Waals surface area contributed by atoms with Crippen LogP contribution >= 0.6 is 0 Å². The Hall–Kier alpha value is -2.71. The first-order chi connectivity index (χ1) is 12.0. The number of rotatable bonds is 2. The quantitative estimate of drug-likeness (QED) is 0.724. The highest BCUT2D eigenvalue weighted by Gasteiger charge is 2.51. The molecule has 9 nitrogen and oxygen atoms in total. The van der Waals surface area contributed by atoms with Gasteiger partial charge >= 0.3 is 5.69 Å².